The van der Waals surface area contributed by atoms with E-state index >= 15 is 0 Å². The van der Waals surface area contributed by atoms with Gasteiger partial charge in [0.15, 0.2) is 12.4 Å². The van der Waals surface area contributed by atoms with E-state index in [9.17, 15) is 22.4 Å². The maximum absolute atomic E-state index is 13.7. The summed E-state index contributed by atoms with van der Waals surface area (Å²) in [6, 6.07) is 8.85. The summed E-state index contributed by atoms with van der Waals surface area (Å²) >= 11 is 5.88. The van der Waals surface area contributed by atoms with E-state index in [-0.39, 0.29) is 16.3 Å². The highest BCUT2D eigenvalue weighted by Crippen LogP contribution is 2.31. The number of sulfonamides is 1. The second-order valence-electron chi connectivity index (χ2n) is 6.57. The van der Waals surface area contributed by atoms with Gasteiger partial charge in [-0.05, 0) is 55.3 Å². The maximum atomic E-state index is 13.7. The van der Waals surface area contributed by atoms with Crippen LogP contribution in [0.25, 0.3) is 6.08 Å². The van der Waals surface area contributed by atoms with Crippen molar-refractivity contribution in [1.29, 1.82) is 0 Å². The zero-order chi connectivity index (χ0) is 21.9. The molecule has 30 heavy (non-hydrogen) atoms. The second-order valence-corrected chi connectivity index (χ2v) is 9.15. The highest BCUT2D eigenvalue weighted by atomic mass is 35.5. The zero-order valence-electron chi connectivity index (χ0n) is 16.1. The lowest BCUT2D eigenvalue weighted by Crippen LogP contribution is -2.30. The van der Waals surface area contributed by atoms with Crippen molar-refractivity contribution >= 4 is 45.1 Å². The Morgan fingerprint density at radius 1 is 1.27 bits per heavy atom. The Morgan fingerprint density at radius 3 is 2.73 bits per heavy atom. The Kier molecular flexibility index (Phi) is 6.58. The first-order chi connectivity index (χ1) is 14.2. The first kappa shape index (κ1) is 22.0. The molecular formula is C21H19ClFNO5S. The largest absolute Gasteiger partial charge is 0.454 e. The van der Waals surface area contributed by atoms with Crippen LogP contribution in [0.5, 0.6) is 0 Å². The molecule has 3 rings (SSSR count). The molecule has 2 aromatic carbocycles. The molecule has 0 aromatic heterocycles. The molecule has 1 aliphatic heterocycles. The summed E-state index contributed by atoms with van der Waals surface area (Å²) in [6.07, 6.45) is 2.68. The van der Waals surface area contributed by atoms with Crippen LogP contribution in [0.3, 0.4) is 0 Å². The number of fused-ring (bicyclic) bond motifs is 1. The number of Topliss-reactive ketones (excluding diaryl/α,β-unsaturated/α-hetero) is 1. The summed E-state index contributed by atoms with van der Waals surface area (Å²) in [5.74, 6) is -1.83. The molecule has 2 aromatic rings. The number of nitrogens with zero attached hydrogens (tertiary/aromatic N) is 1. The van der Waals surface area contributed by atoms with E-state index in [0.717, 1.165) is 11.6 Å². The van der Waals surface area contributed by atoms with Gasteiger partial charge in [-0.15, -0.1) is 0 Å². The van der Waals surface area contributed by atoms with Crippen LogP contribution in [-0.2, 0) is 26.0 Å². The lowest BCUT2D eigenvalue weighted by molar-refractivity contribution is -0.136. The van der Waals surface area contributed by atoms with Crippen LogP contribution in [0.4, 0.5) is 10.1 Å². The third kappa shape index (κ3) is 4.71. The molecule has 0 saturated heterocycles. The van der Waals surface area contributed by atoms with Crippen LogP contribution in [-0.4, -0.2) is 39.1 Å². The number of ether oxygens (including phenoxy) is 1. The molecule has 0 unspecified atom stereocenters. The minimum absolute atomic E-state index is 0.00527. The third-order valence-corrected chi connectivity index (χ3v) is 6.80. The SMILES string of the molecule is CCS(=O)(=O)N1CCc2cc(C(=O)COC(=O)/C=C/c3c(F)cccc3Cl)ccc21. The summed E-state index contributed by atoms with van der Waals surface area (Å²) in [5.41, 5.74) is 1.68. The molecular weight excluding hydrogens is 433 g/mol. The molecule has 9 heteroatoms. The quantitative estimate of drug-likeness (QED) is 0.365. The van der Waals surface area contributed by atoms with Crippen molar-refractivity contribution in [3.63, 3.8) is 0 Å². The predicted molar refractivity (Wildman–Crippen MR) is 113 cm³/mol. The van der Waals surface area contributed by atoms with Gasteiger partial charge in [0.1, 0.15) is 5.82 Å². The summed E-state index contributed by atoms with van der Waals surface area (Å²) in [6.45, 7) is 1.42. The minimum atomic E-state index is -3.37. The average Bonchev–Trinajstić information content (AvgIpc) is 3.15. The number of carbonyl (C=O) groups is 2. The number of hydrogen-bond acceptors (Lipinski definition) is 5. The Bertz CT molecular complexity index is 1110. The predicted octanol–water partition coefficient (Wildman–Crippen LogP) is 3.63. The summed E-state index contributed by atoms with van der Waals surface area (Å²) in [4.78, 5) is 24.2. The van der Waals surface area contributed by atoms with Crippen LogP contribution < -0.4 is 4.31 Å². The zero-order valence-corrected chi connectivity index (χ0v) is 17.7. The molecule has 0 bridgehead atoms. The molecule has 6 nitrogen and oxygen atoms in total. The van der Waals surface area contributed by atoms with E-state index in [1.165, 1.54) is 34.6 Å². The van der Waals surface area contributed by atoms with Crippen molar-refractivity contribution in [2.75, 3.05) is 23.2 Å². The van der Waals surface area contributed by atoms with Crippen molar-refractivity contribution < 1.29 is 27.1 Å². The average molecular weight is 452 g/mol. The van der Waals surface area contributed by atoms with Crippen molar-refractivity contribution in [3.8, 4) is 0 Å². The Morgan fingerprint density at radius 2 is 2.03 bits per heavy atom. The first-order valence-corrected chi connectivity index (χ1v) is 11.2. The van der Waals surface area contributed by atoms with Crippen LogP contribution >= 0.6 is 11.6 Å². The fraction of sp³-hybridized carbons (Fsp3) is 0.238. The molecule has 0 aliphatic carbocycles. The monoisotopic (exact) mass is 451 g/mol. The highest BCUT2D eigenvalue weighted by Gasteiger charge is 2.28. The van der Waals surface area contributed by atoms with Crippen LogP contribution in [0, 0.1) is 5.82 Å². The minimum Gasteiger partial charge on any atom is -0.454 e. The van der Waals surface area contributed by atoms with Gasteiger partial charge in [0.2, 0.25) is 10.0 Å². The van der Waals surface area contributed by atoms with E-state index < -0.39 is 34.2 Å². The molecule has 0 atom stereocenters. The molecule has 1 aliphatic rings. The molecule has 0 N–H and O–H groups in total. The molecule has 158 valence electrons. The van der Waals surface area contributed by atoms with Gasteiger partial charge in [0.25, 0.3) is 0 Å². The highest BCUT2D eigenvalue weighted by molar-refractivity contribution is 7.92. The molecule has 0 radical (unpaired) electrons. The molecule has 0 amide bonds. The Hall–Kier alpha value is -2.71. The van der Waals surface area contributed by atoms with E-state index in [1.807, 2.05) is 0 Å². The standard InChI is InChI=1S/C21H19ClFNO5S/c1-2-30(27,28)24-11-10-14-12-15(6-8-19(14)24)20(25)13-29-21(26)9-7-16-17(22)4-3-5-18(16)23/h3-9,12H,2,10-11,13H2,1H3/b9-7+. The number of halogens is 2. The molecule has 0 fully saturated rings. The van der Waals surface area contributed by atoms with Gasteiger partial charge in [0, 0.05) is 23.7 Å². The summed E-state index contributed by atoms with van der Waals surface area (Å²) in [7, 11) is -3.37. The van der Waals surface area contributed by atoms with Gasteiger partial charge in [0.05, 0.1) is 16.5 Å². The maximum Gasteiger partial charge on any atom is 0.331 e. The van der Waals surface area contributed by atoms with Crippen molar-refractivity contribution in [2.45, 2.75) is 13.3 Å². The number of carbonyl (C=O) groups excluding carboxylic acids is 2. The van der Waals surface area contributed by atoms with Crippen molar-refractivity contribution in [3.05, 3.63) is 70.0 Å². The summed E-state index contributed by atoms with van der Waals surface area (Å²) in [5, 5.41) is 0.146. The topological polar surface area (TPSA) is 80.8 Å². The lowest BCUT2D eigenvalue weighted by atomic mass is 10.1. The number of esters is 1. The summed E-state index contributed by atoms with van der Waals surface area (Å²) < 4.78 is 44.2. The number of rotatable bonds is 7. The molecule has 1 heterocycles. The van der Waals surface area contributed by atoms with Crippen LogP contribution in [0.2, 0.25) is 5.02 Å². The van der Waals surface area contributed by atoms with E-state index in [4.69, 9.17) is 16.3 Å². The van der Waals surface area contributed by atoms with Crippen molar-refractivity contribution in [2.24, 2.45) is 0 Å². The first-order valence-electron chi connectivity index (χ1n) is 9.18. The van der Waals surface area contributed by atoms with Gasteiger partial charge in [-0.1, -0.05) is 17.7 Å². The lowest BCUT2D eigenvalue weighted by Gasteiger charge is -2.18. The normalized spacial score (nSPS) is 13.5. The van der Waals surface area contributed by atoms with Gasteiger partial charge in [-0.25, -0.2) is 17.6 Å². The van der Waals surface area contributed by atoms with Crippen LogP contribution in [0.1, 0.15) is 28.4 Å². The van der Waals surface area contributed by atoms with Gasteiger partial charge in [-0.2, -0.15) is 0 Å². The second kappa shape index (κ2) is 8.97. The van der Waals surface area contributed by atoms with Gasteiger partial charge >= 0.3 is 5.97 Å². The third-order valence-electron chi connectivity index (χ3n) is 4.69. The number of hydrogen-bond donors (Lipinski definition) is 0. The smallest absolute Gasteiger partial charge is 0.331 e. The fourth-order valence-electron chi connectivity index (χ4n) is 3.08. The Balaban J connectivity index is 1.63. The number of anilines is 1. The van der Waals surface area contributed by atoms with Gasteiger partial charge in [-0.3, -0.25) is 9.10 Å². The number of benzene rings is 2. The van der Waals surface area contributed by atoms with E-state index in [2.05, 4.69) is 0 Å². The Labute approximate surface area is 179 Å². The van der Waals surface area contributed by atoms with Gasteiger partial charge < -0.3 is 4.74 Å². The van der Waals surface area contributed by atoms with E-state index in [0.29, 0.717) is 24.2 Å². The molecule has 0 saturated carbocycles. The van der Waals surface area contributed by atoms with Crippen molar-refractivity contribution in [1.82, 2.24) is 0 Å². The van der Waals surface area contributed by atoms with Crippen LogP contribution in [0.15, 0.2) is 42.5 Å². The molecule has 0 spiro atoms. The number of ketones is 1. The fourth-order valence-corrected chi connectivity index (χ4v) is 4.46. The van der Waals surface area contributed by atoms with E-state index in [1.54, 1.807) is 19.1 Å².